The fourth-order valence-electron chi connectivity index (χ4n) is 1.56. The van der Waals surface area contributed by atoms with Crippen molar-refractivity contribution >= 4 is 17.5 Å². The van der Waals surface area contributed by atoms with Crippen LogP contribution in [0.3, 0.4) is 0 Å². The van der Waals surface area contributed by atoms with Gasteiger partial charge in [0.05, 0.1) is 12.0 Å². The molecule has 6 heteroatoms. The highest BCUT2D eigenvalue weighted by molar-refractivity contribution is 5.93. The lowest BCUT2D eigenvalue weighted by atomic mass is 10.3. The van der Waals surface area contributed by atoms with Gasteiger partial charge in [0, 0.05) is 13.0 Å². The number of rotatable bonds is 5. The summed E-state index contributed by atoms with van der Waals surface area (Å²) < 4.78 is 18.2. The van der Waals surface area contributed by atoms with Crippen molar-refractivity contribution in [2.75, 3.05) is 11.9 Å². The van der Waals surface area contributed by atoms with Crippen molar-refractivity contribution in [3.63, 3.8) is 0 Å². The molecule has 2 N–H and O–H groups in total. The first-order valence-electron chi connectivity index (χ1n) is 6.03. The molecule has 0 atom stereocenters. The van der Waals surface area contributed by atoms with Gasteiger partial charge in [-0.1, -0.05) is 12.1 Å². The van der Waals surface area contributed by atoms with E-state index in [2.05, 4.69) is 10.6 Å². The molecule has 0 spiro atoms. The molecular formula is C14H13FN2O3. The molecule has 2 rings (SSSR count). The van der Waals surface area contributed by atoms with Crippen LogP contribution in [0.25, 0.3) is 0 Å². The minimum Gasteiger partial charge on any atom is -0.459 e. The van der Waals surface area contributed by atoms with Gasteiger partial charge in [0.25, 0.3) is 5.91 Å². The van der Waals surface area contributed by atoms with E-state index < -0.39 is 11.7 Å². The second-order valence-corrected chi connectivity index (χ2v) is 4.01. The van der Waals surface area contributed by atoms with Crippen LogP contribution in [-0.2, 0) is 4.79 Å². The zero-order chi connectivity index (χ0) is 14.4. The summed E-state index contributed by atoms with van der Waals surface area (Å²) in [5, 5.41) is 4.96. The van der Waals surface area contributed by atoms with Crippen LogP contribution >= 0.6 is 0 Å². The SMILES string of the molecule is O=C(CCNC(=O)c1ccco1)Nc1ccccc1F. The quantitative estimate of drug-likeness (QED) is 0.879. The number of para-hydroxylation sites is 1. The summed E-state index contributed by atoms with van der Waals surface area (Å²) >= 11 is 0. The van der Waals surface area contributed by atoms with Crippen molar-refractivity contribution < 1.29 is 18.4 Å². The molecule has 0 radical (unpaired) electrons. The molecule has 1 aromatic carbocycles. The van der Waals surface area contributed by atoms with E-state index in [4.69, 9.17) is 4.42 Å². The highest BCUT2D eigenvalue weighted by Gasteiger charge is 2.09. The number of halogens is 1. The van der Waals surface area contributed by atoms with Crippen LogP contribution in [0.2, 0.25) is 0 Å². The zero-order valence-corrected chi connectivity index (χ0v) is 10.6. The smallest absolute Gasteiger partial charge is 0.286 e. The summed E-state index contributed by atoms with van der Waals surface area (Å²) in [6.07, 6.45) is 1.43. The maximum absolute atomic E-state index is 13.3. The second kappa shape index (κ2) is 6.51. The van der Waals surface area contributed by atoms with Crippen LogP contribution in [0.4, 0.5) is 10.1 Å². The van der Waals surface area contributed by atoms with Crippen molar-refractivity contribution in [3.05, 3.63) is 54.2 Å². The topological polar surface area (TPSA) is 71.3 Å². The molecule has 2 aromatic rings. The Morgan fingerprint density at radius 3 is 2.65 bits per heavy atom. The van der Waals surface area contributed by atoms with E-state index in [0.717, 1.165) is 0 Å². The molecule has 0 unspecified atom stereocenters. The maximum Gasteiger partial charge on any atom is 0.286 e. The fraction of sp³-hybridized carbons (Fsp3) is 0.143. The van der Waals surface area contributed by atoms with E-state index in [9.17, 15) is 14.0 Å². The molecular weight excluding hydrogens is 263 g/mol. The number of benzene rings is 1. The zero-order valence-electron chi connectivity index (χ0n) is 10.6. The minimum atomic E-state index is -0.500. The fourth-order valence-corrected chi connectivity index (χ4v) is 1.56. The summed E-state index contributed by atoms with van der Waals surface area (Å²) in [5.74, 6) is -1.09. The molecule has 20 heavy (non-hydrogen) atoms. The Morgan fingerprint density at radius 2 is 1.95 bits per heavy atom. The first-order chi connectivity index (χ1) is 9.66. The molecule has 104 valence electrons. The number of anilines is 1. The molecule has 0 aliphatic carbocycles. The van der Waals surface area contributed by atoms with E-state index in [1.165, 1.54) is 30.5 Å². The van der Waals surface area contributed by atoms with Gasteiger partial charge in [0.1, 0.15) is 5.82 Å². The van der Waals surface area contributed by atoms with E-state index >= 15 is 0 Å². The van der Waals surface area contributed by atoms with Crippen molar-refractivity contribution in [2.45, 2.75) is 6.42 Å². The third-order valence-corrected chi connectivity index (χ3v) is 2.53. The third kappa shape index (κ3) is 3.68. The van der Waals surface area contributed by atoms with E-state index in [1.807, 2.05) is 0 Å². The Labute approximate surface area is 114 Å². The molecule has 0 aliphatic heterocycles. The van der Waals surface area contributed by atoms with Crippen LogP contribution in [0, 0.1) is 5.82 Å². The van der Waals surface area contributed by atoms with Gasteiger partial charge in [-0.05, 0) is 24.3 Å². The molecule has 5 nitrogen and oxygen atoms in total. The van der Waals surface area contributed by atoms with Crippen LogP contribution in [-0.4, -0.2) is 18.4 Å². The molecule has 2 amide bonds. The molecule has 0 bridgehead atoms. The van der Waals surface area contributed by atoms with Crippen LogP contribution in [0.5, 0.6) is 0 Å². The lowest BCUT2D eigenvalue weighted by Gasteiger charge is -2.06. The van der Waals surface area contributed by atoms with Gasteiger partial charge in [-0.3, -0.25) is 9.59 Å². The van der Waals surface area contributed by atoms with Gasteiger partial charge < -0.3 is 15.1 Å². The van der Waals surface area contributed by atoms with Crippen molar-refractivity contribution in [1.82, 2.24) is 5.32 Å². The number of carbonyl (C=O) groups excluding carboxylic acids is 2. The molecule has 0 fully saturated rings. The Kier molecular flexibility index (Phi) is 4.49. The largest absolute Gasteiger partial charge is 0.459 e. The van der Waals surface area contributed by atoms with Gasteiger partial charge in [0.15, 0.2) is 5.76 Å². The third-order valence-electron chi connectivity index (χ3n) is 2.53. The van der Waals surface area contributed by atoms with Gasteiger partial charge in [-0.15, -0.1) is 0 Å². The van der Waals surface area contributed by atoms with E-state index in [0.29, 0.717) is 0 Å². The number of nitrogens with one attached hydrogen (secondary N) is 2. The van der Waals surface area contributed by atoms with Gasteiger partial charge in [-0.2, -0.15) is 0 Å². The van der Waals surface area contributed by atoms with E-state index in [1.54, 1.807) is 12.1 Å². The Bertz CT molecular complexity index is 596. The minimum absolute atomic E-state index is 0.0424. The van der Waals surface area contributed by atoms with E-state index in [-0.39, 0.29) is 30.3 Å². The maximum atomic E-state index is 13.3. The Hall–Kier alpha value is -2.63. The predicted octanol–water partition coefficient (Wildman–Crippen LogP) is 2.18. The summed E-state index contributed by atoms with van der Waals surface area (Å²) in [4.78, 5) is 23.1. The molecule has 0 aliphatic rings. The van der Waals surface area contributed by atoms with Gasteiger partial charge >= 0.3 is 0 Å². The van der Waals surface area contributed by atoms with Crippen LogP contribution < -0.4 is 10.6 Å². The van der Waals surface area contributed by atoms with Gasteiger partial charge in [-0.25, -0.2) is 4.39 Å². The van der Waals surface area contributed by atoms with Crippen LogP contribution in [0.1, 0.15) is 17.0 Å². The molecule has 1 heterocycles. The van der Waals surface area contributed by atoms with Crippen LogP contribution in [0.15, 0.2) is 47.1 Å². The highest BCUT2D eigenvalue weighted by atomic mass is 19.1. The standard InChI is InChI=1S/C14H13FN2O3/c15-10-4-1-2-5-11(10)17-13(18)7-8-16-14(19)12-6-3-9-20-12/h1-6,9H,7-8H2,(H,16,19)(H,17,18). The van der Waals surface area contributed by atoms with Crippen molar-refractivity contribution in [2.24, 2.45) is 0 Å². The average Bonchev–Trinajstić information content (AvgIpc) is 2.95. The number of hydrogen-bond donors (Lipinski definition) is 2. The second-order valence-electron chi connectivity index (χ2n) is 4.01. The lowest BCUT2D eigenvalue weighted by Crippen LogP contribution is -2.27. The molecule has 0 saturated heterocycles. The normalized spacial score (nSPS) is 10.1. The predicted molar refractivity (Wildman–Crippen MR) is 70.7 cm³/mol. The highest BCUT2D eigenvalue weighted by Crippen LogP contribution is 2.12. The summed E-state index contributed by atoms with van der Waals surface area (Å²) in [7, 11) is 0. The first-order valence-corrected chi connectivity index (χ1v) is 6.03. The number of amides is 2. The summed E-state index contributed by atoms with van der Waals surface area (Å²) in [6.45, 7) is 0.139. The number of carbonyl (C=O) groups is 2. The average molecular weight is 276 g/mol. The van der Waals surface area contributed by atoms with Gasteiger partial charge in [0.2, 0.25) is 5.91 Å². The number of furan rings is 1. The van der Waals surface area contributed by atoms with Crippen molar-refractivity contribution in [3.8, 4) is 0 Å². The monoisotopic (exact) mass is 276 g/mol. The summed E-state index contributed by atoms with van der Waals surface area (Å²) in [5.41, 5.74) is 0.120. The first kappa shape index (κ1) is 13.8. The lowest BCUT2D eigenvalue weighted by molar-refractivity contribution is -0.116. The molecule has 1 aromatic heterocycles. The van der Waals surface area contributed by atoms with Crippen molar-refractivity contribution in [1.29, 1.82) is 0 Å². The Balaban J connectivity index is 1.76. The molecule has 0 saturated carbocycles. The Morgan fingerprint density at radius 1 is 1.15 bits per heavy atom. The number of hydrogen-bond acceptors (Lipinski definition) is 3. The summed E-state index contributed by atoms with van der Waals surface area (Å²) in [6, 6.07) is 9.00.